The number of carbonyl (C=O) groups excluding carboxylic acids is 2. The molecule has 3 aromatic carbocycles. The van der Waals surface area contributed by atoms with Gasteiger partial charge in [-0.15, -0.1) is 0 Å². The molecule has 0 aliphatic rings. The molecule has 0 aliphatic heterocycles. The number of ether oxygens (including phenoxy) is 1. The number of anilines is 1. The molecular weight excluding hydrogens is 412 g/mol. The minimum absolute atomic E-state index is 0.0313. The van der Waals surface area contributed by atoms with Crippen molar-refractivity contribution in [1.29, 1.82) is 0 Å². The molecule has 172 valence electrons. The summed E-state index contributed by atoms with van der Waals surface area (Å²) < 4.78 is 5.79. The number of hydrogen-bond donors (Lipinski definition) is 0. The Bertz CT molecular complexity index is 1000. The van der Waals surface area contributed by atoms with E-state index in [1.807, 2.05) is 93.6 Å². The zero-order chi connectivity index (χ0) is 23.8. The van der Waals surface area contributed by atoms with E-state index >= 15 is 0 Å². The standard InChI is InChI=1S/C28H32N2O3/c1-28(2,3)27(32)29(4)24-15-17-25(18-16-24)33-21-26(31)30(19-22-11-7-5-8-12-22)20-23-13-9-6-10-14-23/h5-18H,19-21H2,1-4H3. The molecule has 0 bridgehead atoms. The van der Waals surface area contributed by atoms with E-state index in [1.54, 1.807) is 29.0 Å². The fourth-order valence-electron chi connectivity index (χ4n) is 3.46. The van der Waals surface area contributed by atoms with Gasteiger partial charge >= 0.3 is 0 Å². The van der Waals surface area contributed by atoms with E-state index in [0.717, 1.165) is 16.8 Å². The van der Waals surface area contributed by atoms with Gasteiger partial charge in [0.05, 0.1) is 0 Å². The third-order valence-corrected chi connectivity index (χ3v) is 5.32. The van der Waals surface area contributed by atoms with Crippen molar-refractivity contribution in [2.24, 2.45) is 5.41 Å². The molecule has 0 N–H and O–H groups in total. The van der Waals surface area contributed by atoms with Gasteiger partial charge in [-0.3, -0.25) is 9.59 Å². The van der Waals surface area contributed by atoms with Gasteiger partial charge in [0.15, 0.2) is 6.61 Å². The Morgan fingerprint density at radius 2 is 1.24 bits per heavy atom. The average Bonchev–Trinajstić information content (AvgIpc) is 2.82. The van der Waals surface area contributed by atoms with E-state index in [0.29, 0.717) is 18.8 Å². The maximum atomic E-state index is 13.0. The Labute approximate surface area is 196 Å². The van der Waals surface area contributed by atoms with Crippen molar-refractivity contribution in [1.82, 2.24) is 4.90 Å². The molecule has 0 aromatic heterocycles. The normalized spacial score (nSPS) is 11.0. The maximum Gasteiger partial charge on any atom is 0.261 e. The third-order valence-electron chi connectivity index (χ3n) is 5.32. The van der Waals surface area contributed by atoms with Crippen LogP contribution in [0.5, 0.6) is 5.75 Å². The molecule has 5 nitrogen and oxygen atoms in total. The fraction of sp³-hybridized carbons (Fsp3) is 0.286. The smallest absolute Gasteiger partial charge is 0.261 e. The van der Waals surface area contributed by atoms with Crippen molar-refractivity contribution < 1.29 is 14.3 Å². The Morgan fingerprint density at radius 3 is 1.70 bits per heavy atom. The highest BCUT2D eigenvalue weighted by molar-refractivity contribution is 5.96. The number of rotatable bonds is 8. The van der Waals surface area contributed by atoms with Crippen molar-refractivity contribution >= 4 is 17.5 Å². The molecule has 0 atom stereocenters. The third kappa shape index (κ3) is 6.94. The van der Waals surface area contributed by atoms with Crippen LogP contribution in [0.3, 0.4) is 0 Å². The van der Waals surface area contributed by atoms with Crippen LogP contribution in [0.4, 0.5) is 5.69 Å². The first kappa shape index (κ1) is 24.1. The largest absolute Gasteiger partial charge is 0.484 e. The molecular formula is C28H32N2O3. The first-order chi connectivity index (χ1) is 15.7. The molecule has 0 saturated carbocycles. The minimum atomic E-state index is -0.461. The Hall–Kier alpha value is -3.60. The van der Waals surface area contributed by atoms with Gasteiger partial charge in [0.1, 0.15) is 5.75 Å². The van der Waals surface area contributed by atoms with Crippen molar-refractivity contribution in [2.75, 3.05) is 18.6 Å². The van der Waals surface area contributed by atoms with Crippen LogP contribution in [-0.2, 0) is 22.7 Å². The lowest BCUT2D eigenvalue weighted by atomic mass is 9.95. The molecule has 0 unspecified atom stereocenters. The van der Waals surface area contributed by atoms with Crippen LogP contribution in [0.2, 0.25) is 0 Å². The van der Waals surface area contributed by atoms with Gasteiger partial charge in [0, 0.05) is 31.2 Å². The number of hydrogen-bond acceptors (Lipinski definition) is 3. The summed E-state index contributed by atoms with van der Waals surface area (Å²) in [5.74, 6) is 0.527. The van der Waals surface area contributed by atoms with Crippen molar-refractivity contribution in [2.45, 2.75) is 33.9 Å². The highest BCUT2D eigenvalue weighted by Crippen LogP contribution is 2.24. The highest BCUT2D eigenvalue weighted by atomic mass is 16.5. The first-order valence-corrected chi connectivity index (χ1v) is 11.1. The molecule has 0 saturated heterocycles. The van der Waals surface area contributed by atoms with Crippen LogP contribution in [0, 0.1) is 5.41 Å². The summed E-state index contributed by atoms with van der Waals surface area (Å²) in [5, 5.41) is 0. The first-order valence-electron chi connectivity index (χ1n) is 11.1. The van der Waals surface area contributed by atoms with Gasteiger partial charge in [0.2, 0.25) is 5.91 Å². The van der Waals surface area contributed by atoms with Crippen LogP contribution in [0.1, 0.15) is 31.9 Å². The number of amides is 2. The monoisotopic (exact) mass is 444 g/mol. The van der Waals surface area contributed by atoms with Gasteiger partial charge < -0.3 is 14.5 Å². The lowest BCUT2D eigenvalue weighted by molar-refractivity contribution is -0.134. The molecule has 3 aromatic rings. The summed E-state index contributed by atoms with van der Waals surface area (Å²) in [4.78, 5) is 29.0. The van der Waals surface area contributed by atoms with Gasteiger partial charge in [-0.1, -0.05) is 81.4 Å². The zero-order valence-corrected chi connectivity index (χ0v) is 19.8. The van der Waals surface area contributed by atoms with Gasteiger partial charge in [-0.25, -0.2) is 0 Å². The summed E-state index contributed by atoms with van der Waals surface area (Å²) in [5.41, 5.74) is 2.45. The Morgan fingerprint density at radius 1 is 0.758 bits per heavy atom. The van der Waals surface area contributed by atoms with E-state index in [4.69, 9.17) is 4.74 Å². The minimum Gasteiger partial charge on any atom is -0.484 e. The van der Waals surface area contributed by atoms with Crippen molar-refractivity contribution in [3.63, 3.8) is 0 Å². The maximum absolute atomic E-state index is 13.0. The van der Waals surface area contributed by atoms with Gasteiger partial charge in [-0.05, 0) is 35.4 Å². The Kier molecular flexibility index (Phi) is 7.88. The second kappa shape index (κ2) is 10.8. The molecule has 0 radical (unpaired) electrons. The lowest BCUT2D eigenvalue weighted by Crippen LogP contribution is -2.36. The van der Waals surface area contributed by atoms with Crippen molar-refractivity contribution in [3.05, 3.63) is 96.1 Å². The van der Waals surface area contributed by atoms with Crippen LogP contribution in [0.15, 0.2) is 84.9 Å². The molecule has 33 heavy (non-hydrogen) atoms. The topological polar surface area (TPSA) is 49.9 Å². The number of carbonyl (C=O) groups is 2. The zero-order valence-electron chi connectivity index (χ0n) is 19.8. The van der Waals surface area contributed by atoms with E-state index in [9.17, 15) is 9.59 Å². The molecule has 2 amide bonds. The predicted molar refractivity (Wildman–Crippen MR) is 132 cm³/mol. The SMILES string of the molecule is CN(C(=O)C(C)(C)C)c1ccc(OCC(=O)N(Cc2ccccc2)Cc2ccccc2)cc1. The van der Waals surface area contributed by atoms with E-state index < -0.39 is 5.41 Å². The summed E-state index contributed by atoms with van der Waals surface area (Å²) in [6.45, 7) is 6.64. The number of nitrogens with zero attached hydrogens (tertiary/aromatic N) is 2. The summed E-state index contributed by atoms with van der Waals surface area (Å²) >= 11 is 0. The van der Waals surface area contributed by atoms with Gasteiger partial charge in [0.25, 0.3) is 5.91 Å². The van der Waals surface area contributed by atoms with E-state index in [1.165, 1.54) is 0 Å². The quantitative estimate of drug-likeness (QED) is 0.474. The summed E-state index contributed by atoms with van der Waals surface area (Å²) in [6.07, 6.45) is 0. The molecule has 0 spiro atoms. The van der Waals surface area contributed by atoms with E-state index in [-0.39, 0.29) is 18.4 Å². The summed E-state index contributed by atoms with van der Waals surface area (Å²) in [7, 11) is 1.76. The lowest BCUT2D eigenvalue weighted by Gasteiger charge is -2.26. The van der Waals surface area contributed by atoms with Crippen LogP contribution in [0.25, 0.3) is 0 Å². The van der Waals surface area contributed by atoms with Gasteiger partial charge in [-0.2, -0.15) is 0 Å². The van der Waals surface area contributed by atoms with E-state index in [2.05, 4.69) is 0 Å². The summed E-state index contributed by atoms with van der Waals surface area (Å²) in [6, 6.07) is 27.1. The van der Waals surface area contributed by atoms with Crippen molar-refractivity contribution in [3.8, 4) is 5.75 Å². The van der Waals surface area contributed by atoms with Crippen LogP contribution >= 0.6 is 0 Å². The van der Waals surface area contributed by atoms with Crippen LogP contribution in [-0.4, -0.2) is 30.4 Å². The second-order valence-corrected chi connectivity index (χ2v) is 9.12. The second-order valence-electron chi connectivity index (χ2n) is 9.12. The molecule has 0 fully saturated rings. The molecule has 3 rings (SSSR count). The highest BCUT2D eigenvalue weighted by Gasteiger charge is 2.25. The fourth-order valence-corrected chi connectivity index (χ4v) is 3.46. The predicted octanol–water partition coefficient (Wildman–Crippen LogP) is 5.30. The Balaban J connectivity index is 1.65. The molecule has 0 aliphatic carbocycles. The molecule has 0 heterocycles. The number of benzene rings is 3. The molecule has 5 heteroatoms. The van der Waals surface area contributed by atoms with Crippen LogP contribution < -0.4 is 9.64 Å². The average molecular weight is 445 g/mol.